The molecule has 1 aromatic carbocycles. The molecular formula is C18H13N5OS3. The van der Waals surface area contributed by atoms with Crippen molar-refractivity contribution in [2.24, 2.45) is 0 Å². The minimum Gasteiger partial charge on any atom is -0.265 e. The molecule has 27 heavy (non-hydrogen) atoms. The van der Waals surface area contributed by atoms with Crippen LogP contribution in [-0.4, -0.2) is 30.6 Å². The van der Waals surface area contributed by atoms with Gasteiger partial charge in [0.1, 0.15) is 5.52 Å². The third-order valence-corrected chi connectivity index (χ3v) is 7.07. The number of fused-ring (bicyclic) bond motifs is 3. The number of rotatable bonds is 4. The van der Waals surface area contributed by atoms with Gasteiger partial charge in [0.25, 0.3) is 5.56 Å². The molecule has 6 nitrogen and oxygen atoms in total. The second-order valence-corrected chi connectivity index (χ2v) is 8.77. The molecule has 134 valence electrons. The lowest BCUT2D eigenvalue weighted by Gasteiger charge is -2.06. The van der Waals surface area contributed by atoms with E-state index in [1.54, 1.807) is 35.5 Å². The van der Waals surface area contributed by atoms with Gasteiger partial charge >= 0.3 is 0 Å². The van der Waals surface area contributed by atoms with E-state index in [2.05, 4.69) is 10.1 Å². The van der Waals surface area contributed by atoms with Crippen LogP contribution in [-0.2, 0) is 6.54 Å². The SMILES string of the molecule is CSc1nc2c(s1)c1cnn(Cc3ccccc3)c(=O)c1n2-c1nccs1. The van der Waals surface area contributed by atoms with Gasteiger partial charge in [-0.15, -0.1) is 22.7 Å². The number of thioether (sulfide) groups is 1. The quantitative estimate of drug-likeness (QED) is 0.418. The molecule has 0 saturated carbocycles. The average molecular weight is 412 g/mol. The van der Waals surface area contributed by atoms with Gasteiger partial charge in [0, 0.05) is 17.0 Å². The lowest BCUT2D eigenvalue weighted by molar-refractivity contribution is 0.645. The van der Waals surface area contributed by atoms with Crippen LogP contribution in [0.1, 0.15) is 5.56 Å². The second kappa shape index (κ2) is 6.59. The van der Waals surface area contributed by atoms with Crippen molar-refractivity contribution in [3.05, 3.63) is 64.0 Å². The molecule has 0 atom stereocenters. The van der Waals surface area contributed by atoms with Crippen molar-refractivity contribution in [3.8, 4) is 5.13 Å². The first-order valence-corrected chi connectivity index (χ1v) is 11.1. The summed E-state index contributed by atoms with van der Waals surface area (Å²) in [4.78, 5) is 22.4. The molecule has 0 fully saturated rings. The largest absolute Gasteiger partial charge is 0.292 e. The lowest BCUT2D eigenvalue weighted by atomic mass is 10.2. The molecule has 5 rings (SSSR count). The highest BCUT2D eigenvalue weighted by Crippen LogP contribution is 2.36. The van der Waals surface area contributed by atoms with Crippen LogP contribution in [0.2, 0.25) is 0 Å². The highest BCUT2D eigenvalue weighted by Gasteiger charge is 2.22. The molecule has 0 N–H and O–H groups in total. The summed E-state index contributed by atoms with van der Waals surface area (Å²) in [7, 11) is 0. The van der Waals surface area contributed by atoms with Gasteiger partial charge in [0.15, 0.2) is 15.1 Å². The number of hydrogen-bond acceptors (Lipinski definition) is 7. The molecule has 0 unspecified atom stereocenters. The zero-order valence-corrected chi connectivity index (χ0v) is 16.6. The number of aromatic nitrogens is 5. The molecule has 4 heterocycles. The average Bonchev–Trinajstić information content (AvgIpc) is 3.40. The fraction of sp³-hybridized carbons (Fsp3) is 0.111. The van der Waals surface area contributed by atoms with Crippen LogP contribution in [0.3, 0.4) is 0 Å². The normalized spacial score (nSPS) is 11.6. The molecule has 0 aliphatic rings. The third-order valence-electron chi connectivity index (χ3n) is 4.25. The monoisotopic (exact) mass is 411 g/mol. The lowest BCUT2D eigenvalue weighted by Crippen LogP contribution is -2.24. The standard InChI is InChI=1S/C18H13N5OS3/c1-25-18-21-15-14(27-18)12-9-20-22(10-11-5-3-2-4-6-11)16(24)13(12)23(15)17-19-7-8-26-17/h2-9H,10H2,1H3. The summed E-state index contributed by atoms with van der Waals surface area (Å²) in [5.74, 6) is 0. The summed E-state index contributed by atoms with van der Waals surface area (Å²) < 4.78 is 5.30. The Morgan fingerprint density at radius 1 is 1.22 bits per heavy atom. The first kappa shape index (κ1) is 16.7. The fourth-order valence-electron chi connectivity index (χ4n) is 3.06. The smallest absolute Gasteiger partial charge is 0.265 e. The Labute approximate surface area is 166 Å². The van der Waals surface area contributed by atoms with Crippen molar-refractivity contribution < 1.29 is 0 Å². The van der Waals surface area contributed by atoms with Gasteiger partial charge in [-0.25, -0.2) is 14.6 Å². The van der Waals surface area contributed by atoms with Crippen molar-refractivity contribution in [1.29, 1.82) is 0 Å². The maximum absolute atomic E-state index is 13.3. The van der Waals surface area contributed by atoms with E-state index in [1.165, 1.54) is 16.0 Å². The van der Waals surface area contributed by atoms with E-state index in [0.29, 0.717) is 12.1 Å². The van der Waals surface area contributed by atoms with Crippen molar-refractivity contribution in [3.63, 3.8) is 0 Å². The van der Waals surface area contributed by atoms with Crippen LogP contribution < -0.4 is 5.56 Å². The van der Waals surface area contributed by atoms with E-state index in [0.717, 1.165) is 30.8 Å². The first-order valence-electron chi connectivity index (χ1n) is 8.15. The Morgan fingerprint density at radius 2 is 2.07 bits per heavy atom. The molecule has 0 saturated heterocycles. The molecule has 0 aliphatic carbocycles. The van der Waals surface area contributed by atoms with E-state index in [-0.39, 0.29) is 5.56 Å². The number of hydrogen-bond donors (Lipinski definition) is 0. The molecule has 0 bridgehead atoms. The summed E-state index contributed by atoms with van der Waals surface area (Å²) >= 11 is 4.67. The Hall–Kier alpha value is -2.49. The van der Waals surface area contributed by atoms with Gasteiger partial charge in [-0.05, 0) is 11.8 Å². The van der Waals surface area contributed by atoms with Crippen LogP contribution >= 0.6 is 34.4 Å². The minimum absolute atomic E-state index is 0.137. The highest BCUT2D eigenvalue weighted by atomic mass is 32.2. The van der Waals surface area contributed by atoms with Crippen LogP contribution in [0.5, 0.6) is 0 Å². The molecule has 0 spiro atoms. The van der Waals surface area contributed by atoms with Crippen molar-refractivity contribution in [1.82, 2.24) is 24.3 Å². The summed E-state index contributed by atoms with van der Waals surface area (Å²) in [5.41, 5.74) is 2.24. The van der Waals surface area contributed by atoms with Crippen LogP contribution in [0.4, 0.5) is 0 Å². The van der Waals surface area contributed by atoms with Gasteiger partial charge in [0.2, 0.25) is 0 Å². The Bertz CT molecular complexity index is 1300. The summed E-state index contributed by atoms with van der Waals surface area (Å²) in [5, 5.41) is 7.89. The highest BCUT2D eigenvalue weighted by molar-refractivity contribution is 8.00. The van der Waals surface area contributed by atoms with Gasteiger partial charge in [-0.3, -0.25) is 9.36 Å². The zero-order chi connectivity index (χ0) is 18.4. The zero-order valence-electron chi connectivity index (χ0n) is 14.2. The van der Waals surface area contributed by atoms with Gasteiger partial charge in [-0.2, -0.15) is 5.10 Å². The van der Waals surface area contributed by atoms with Crippen molar-refractivity contribution in [2.45, 2.75) is 10.9 Å². The summed E-state index contributed by atoms with van der Waals surface area (Å²) in [6, 6.07) is 9.85. The van der Waals surface area contributed by atoms with Crippen LogP contribution in [0.25, 0.3) is 26.4 Å². The van der Waals surface area contributed by atoms with Gasteiger partial charge in [-0.1, -0.05) is 42.1 Å². The van der Waals surface area contributed by atoms with Crippen molar-refractivity contribution in [2.75, 3.05) is 6.26 Å². The summed E-state index contributed by atoms with van der Waals surface area (Å²) in [6.07, 6.45) is 5.51. The predicted octanol–water partition coefficient (Wildman–Crippen LogP) is 4.02. The van der Waals surface area contributed by atoms with Gasteiger partial charge < -0.3 is 0 Å². The molecule has 0 radical (unpaired) electrons. The number of nitrogens with zero attached hydrogens (tertiary/aromatic N) is 5. The Balaban J connectivity index is 1.80. The molecular weight excluding hydrogens is 398 g/mol. The minimum atomic E-state index is -0.137. The Morgan fingerprint density at radius 3 is 2.81 bits per heavy atom. The summed E-state index contributed by atoms with van der Waals surface area (Å²) in [6.45, 7) is 0.426. The van der Waals surface area contributed by atoms with E-state index in [4.69, 9.17) is 4.98 Å². The molecule has 0 aliphatic heterocycles. The van der Waals surface area contributed by atoms with Crippen LogP contribution in [0, 0.1) is 0 Å². The van der Waals surface area contributed by atoms with Gasteiger partial charge in [0.05, 0.1) is 17.4 Å². The van der Waals surface area contributed by atoms with Crippen LogP contribution in [0.15, 0.2) is 57.2 Å². The van der Waals surface area contributed by atoms with E-state index < -0.39 is 0 Å². The van der Waals surface area contributed by atoms with E-state index >= 15 is 0 Å². The molecule has 9 heteroatoms. The van der Waals surface area contributed by atoms with E-state index in [9.17, 15) is 4.79 Å². The maximum atomic E-state index is 13.3. The molecule has 4 aromatic heterocycles. The number of benzene rings is 1. The number of thiazole rings is 2. The second-order valence-electron chi connectivity index (χ2n) is 5.84. The molecule has 5 aromatic rings. The van der Waals surface area contributed by atoms with E-state index in [1.807, 2.05) is 46.5 Å². The topological polar surface area (TPSA) is 65.6 Å². The molecule has 0 amide bonds. The van der Waals surface area contributed by atoms with Crippen molar-refractivity contribution >= 4 is 55.7 Å². The maximum Gasteiger partial charge on any atom is 0.292 e. The Kier molecular flexibility index (Phi) is 4.07. The predicted molar refractivity (Wildman–Crippen MR) is 112 cm³/mol. The fourth-order valence-corrected chi connectivity index (χ4v) is 5.26. The first-order chi connectivity index (χ1) is 13.3. The third kappa shape index (κ3) is 2.70.